The summed E-state index contributed by atoms with van der Waals surface area (Å²) in [5, 5.41) is 0. The maximum absolute atomic E-state index is 5.69. The SMILES string of the molecule is ClCc1nccc2c1CCO2. The van der Waals surface area contributed by atoms with Gasteiger partial charge in [0.2, 0.25) is 0 Å². The zero-order valence-corrected chi connectivity index (χ0v) is 6.77. The van der Waals surface area contributed by atoms with Crippen molar-refractivity contribution >= 4 is 11.6 Å². The van der Waals surface area contributed by atoms with Crippen LogP contribution in [0.3, 0.4) is 0 Å². The van der Waals surface area contributed by atoms with Gasteiger partial charge in [-0.15, -0.1) is 11.6 Å². The van der Waals surface area contributed by atoms with E-state index in [0.29, 0.717) is 5.88 Å². The highest BCUT2D eigenvalue weighted by Gasteiger charge is 2.15. The Kier molecular flexibility index (Phi) is 1.70. The molecule has 0 atom stereocenters. The topological polar surface area (TPSA) is 22.1 Å². The van der Waals surface area contributed by atoms with Gasteiger partial charge in [0.15, 0.2) is 0 Å². The Morgan fingerprint density at radius 2 is 2.55 bits per heavy atom. The van der Waals surface area contributed by atoms with Gasteiger partial charge in [-0.25, -0.2) is 0 Å². The third kappa shape index (κ3) is 1.07. The summed E-state index contributed by atoms with van der Waals surface area (Å²) in [6.07, 6.45) is 2.69. The highest BCUT2D eigenvalue weighted by Crippen LogP contribution is 2.27. The van der Waals surface area contributed by atoms with E-state index in [4.69, 9.17) is 16.3 Å². The van der Waals surface area contributed by atoms with E-state index in [1.807, 2.05) is 6.07 Å². The fraction of sp³-hybridized carbons (Fsp3) is 0.375. The van der Waals surface area contributed by atoms with Crippen molar-refractivity contribution in [2.24, 2.45) is 0 Å². The van der Waals surface area contributed by atoms with Crippen LogP contribution in [0.5, 0.6) is 5.75 Å². The Bertz CT molecular complexity index is 275. The second kappa shape index (κ2) is 2.70. The number of ether oxygens (including phenoxy) is 1. The number of fused-ring (bicyclic) bond motifs is 1. The van der Waals surface area contributed by atoms with Gasteiger partial charge >= 0.3 is 0 Å². The van der Waals surface area contributed by atoms with E-state index in [1.54, 1.807) is 6.20 Å². The molecular formula is C8H8ClNO. The van der Waals surface area contributed by atoms with Crippen molar-refractivity contribution in [1.82, 2.24) is 4.98 Å². The van der Waals surface area contributed by atoms with Crippen molar-refractivity contribution in [2.45, 2.75) is 12.3 Å². The summed E-state index contributed by atoms with van der Waals surface area (Å²) in [5.41, 5.74) is 2.14. The normalized spacial score (nSPS) is 14.3. The molecule has 0 aromatic carbocycles. The zero-order valence-electron chi connectivity index (χ0n) is 6.01. The molecule has 58 valence electrons. The second-order valence-electron chi connectivity index (χ2n) is 2.47. The van der Waals surface area contributed by atoms with Crippen LogP contribution >= 0.6 is 11.6 Å². The molecule has 0 N–H and O–H groups in total. The molecule has 0 aliphatic carbocycles. The summed E-state index contributed by atoms with van der Waals surface area (Å²) < 4.78 is 5.34. The van der Waals surface area contributed by atoms with Gasteiger partial charge in [0.05, 0.1) is 18.2 Å². The molecule has 2 rings (SSSR count). The molecular weight excluding hydrogens is 162 g/mol. The summed E-state index contributed by atoms with van der Waals surface area (Å²) in [4.78, 5) is 4.16. The van der Waals surface area contributed by atoms with Gasteiger partial charge in [-0.1, -0.05) is 0 Å². The molecule has 0 bridgehead atoms. The van der Waals surface area contributed by atoms with Gasteiger partial charge in [-0.3, -0.25) is 4.98 Å². The molecule has 1 aliphatic rings. The maximum Gasteiger partial charge on any atom is 0.126 e. The maximum atomic E-state index is 5.69. The van der Waals surface area contributed by atoms with Crippen LogP contribution in [-0.4, -0.2) is 11.6 Å². The minimum Gasteiger partial charge on any atom is -0.493 e. The molecule has 1 aromatic heterocycles. The third-order valence-corrected chi connectivity index (χ3v) is 2.09. The molecule has 0 radical (unpaired) electrons. The number of pyridine rings is 1. The predicted molar refractivity (Wildman–Crippen MR) is 43.0 cm³/mol. The number of nitrogens with zero attached hydrogens (tertiary/aromatic N) is 1. The van der Waals surface area contributed by atoms with E-state index < -0.39 is 0 Å². The van der Waals surface area contributed by atoms with Crippen LogP contribution < -0.4 is 4.74 Å². The van der Waals surface area contributed by atoms with E-state index >= 15 is 0 Å². The van der Waals surface area contributed by atoms with E-state index in [0.717, 1.165) is 24.5 Å². The number of hydrogen-bond donors (Lipinski definition) is 0. The van der Waals surface area contributed by atoms with Gasteiger partial charge in [0, 0.05) is 18.2 Å². The van der Waals surface area contributed by atoms with Gasteiger partial charge in [-0.05, 0) is 6.07 Å². The van der Waals surface area contributed by atoms with Crippen LogP contribution in [0.1, 0.15) is 11.3 Å². The standard InChI is InChI=1S/C8H8ClNO/c9-5-7-6-2-4-11-8(6)1-3-10-7/h1,3H,2,4-5H2. The highest BCUT2D eigenvalue weighted by molar-refractivity contribution is 6.17. The Balaban J connectivity index is 2.50. The Labute approximate surface area is 70.2 Å². The first kappa shape index (κ1) is 6.92. The fourth-order valence-electron chi connectivity index (χ4n) is 1.30. The summed E-state index contributed by atoms with van der Waals surface area (Å²) in [6, 6.07) is 1.89. The number of halogens is 1. The lowest BCUT2D eigenvalue weighted by atomic mass is 10.1. The Morgan fingerprint density at radius 3 is 3.36 bits per heavy atom. The van der Waals surface area contributed by atoms with Crippen molar-refractivity contribution in [3.8, 4) is 5.75 Å². The predicted octanol–water partition coefficient (Wildman–Crippen LogP) is 1.76. The molecule has 2 nitrogen and oxygen atoms in total. The van der Waals surface area contributed by atoms with Crippen molar-refractivity contribution in [1.29, 1.82) is 0 Å². The van der Waals surface area contributed by atoms with E-state index in [-0.39, 0.29) is 0 Å². The van der Waals surface area contributed by atoms with Gasteiger partial charge < -0.3 is 4.74 Å². The van der Waals surface area contributed by atoms with Crippen LogP contribution in [0.15, 0.2) is 12.3 Å². The van der Waals surface area contributed by atoms with Crippen LogP contribution in [-0.2, 0) is 12.3 Å². The lowest BCUT2D eigenvalue weighted by Crippen LogP contribution is -1.90. The van der Waals surface area contributed by atoms with Crippen molar-refractivity contribution in [2.75, 3.05) is 6.61 Å². The van der Waals surface area contributed by atoms with Crippen LogP contribution in [0.2, 0.25) is 0 Å². The first-order chi connectivity index (χ1) is 5.42. The summed E-state index contributed by atoms with van der Waals surface area (Å²) in [7, 11) is 0. The quantitative estimate of drug-likeness (QED) is 0.598. The van der Waals surface area contributed by atoms with Crippen LogP contribution in [0.25, 0.3) is 0 Å². The lowest BCUT2D eigenvalue weighted by molar-refractivity contribution is 0.356. The number of hydrogen-bond acceptors (Lipinski definition) is 2. The second-order valence-corrected chi connectivity index (χ2v) is 2.73. The molecule has 2 heterocycles. The van der Waals surface area contributed by atoms with Gasteiger partial charge in [0.25, 0.3) is 0 Å². The van der Waals surface area contributed by atoms with E-state index in [1.165, 1.54) is 5.56 Å². The van der Waals surface area contributed by atoms with Gasteiger partial charge in [-0.2, -0.15) is 0 Å². The average molecular weight is 170 g/mol. The van der Waals surface area contributed by atoms with E-state index in [9.17, 15) is 0 Å². The van der Waals surface area contributed by atoms with Crippen molar-refractivity contribution < 1.29 is 4.74 Å². The lowest BCUT2D eigenvalue weighted by Gasteiger charge is -2.00. The monoisotopic (exact) mass is 169 g/mol. The summed E-state index contributed by atoms with van der Waals surface area (Å²) in [5.74, 6) is 1.43. The molecule has 0 unspecified atom stereocenters. The molecule has 0 spiro atoms. The zero-order chi connectivity index (χ0) is 7.68. The number of aromatic nitrogens is 1. The van der Waals surface area contributed by atoms with Crippen molar-refractivity contribution in [3.05, 3.63) is 23.5 Å². The van der Waals surface area contributed by atoms with Gasteiger partial charge in [0.1, 0.15) is 5.75 Å². The van der Waals surface area contributed by atoms with Crippen LogP contribution in [0.4, 0.5) is 0 Å². The molecule has 0 amide bonds. The molecule has 3 heteroatoms. The molecule has 1 aliphatic heterocycles. The highest BCUT2D eigenvalue weighted by atomic mass is 35.5. The Morgan fingerprint density at radius 1 is 1.64 bits per heavy atom. The molecule has 1 aromatic rings. The number of rotatable bonds is 1. The number of alkyl halides is 1. The molecule has 0 saturated heterocycles. The van der Waals surface area contributed by atoms with Crippen molar-refractivity contribution in [3.63, 3.8) is 0 Å². The van der Waals surface area contributed by atoms with E-state index in [2.05, 4.69) is 4.98 Å². The first-order valence-corrected chi connectivity index (χ1v) is 4.11. The summed E-state index contributed by atoms with van der Waals surface area (Å²) in [6.45, 7) is 0.769. The summed E-state index contributed by atoms with van der Waals surface area (Å²) >= 11 is 5.69. The Hall–Kier alpha value is -0.760. The van der Waals surface area contributed by atoms with Crippen LogP contribution in [0, 0.1) is 0 Å². The minimum absolute atomic E-state index is 0.479. The molecule has 0 saturated carbocycles. The fourth-order valence-corrected chi connectivity index (χ4v) is 1.53. The third-order valence-electron chi connectivity index (χ3n) is 1.84. The molecule has 0 fully saturated rings. The average Bonchev–Trinajstić information content (AvgIpc) is 2.50. The smallest absolute Gasteiger partial charge is 0.126 e. The molecule has 11 heavy (non-hydrogen) atoms. The first-order valence-electron chi connectivity index (χ1n) is 3.57. The largest absolute Gasteiger partial charge is 0.493 e. The minimum atomic E-state index is 0.479.